The molecule has 0 heterocycles. The molecule has 0 fully saturated rings. The molecule has 0 spiro atoms. The van der Waals surface area contributed by atoms with E-state index in [1.54, 1.807) is 30.3 Å². The molecule has 1 nitrogen and oxygen atoms in total. The molecular weight excluding hydrogens is 421 g/mol. The summed E-state index contributed by atoms with van der Waals surface area (Å²) in [6.07, 6.45) is 0.773. The Labute approximate surface area is 192 Å². The maximum Gasteiger partial charge on any atom is 0.134 e. The second-order valence-electron chi connectivity index (χ2n) is 8.35. The summed E-state index contributed by atoms with van der Waals surface area (Å²) < 4.78 is 51.3. The summed E-state index contributed by atoms with van der Waals surface area (Å²) in [6.45, 7) is 2.02. The van der Waals surface area contributed by atoms with E-state index in [-0.39, 0.29) is 5.56 Å². The van der Waals surface area contributed by atoms with Crippen molar-refractivity contribution in [3.8, 4) is 16.9 Å². The molecule has 0 aliphatic heterocycles. The first-order chi connectivity index (χ1) is 16.0. The number of ether oxygens (including phenoxy) is 1. The SMILES string of the molecule is CCCCC(c1cc(F)c(-c2ccc(OC)cc2)c(F)c1)C(F)c1ccc2ccccc2c1. The molecule has 0 bridgehead atoms. The number of fused-ring (bicyclic) bond motifs is 1. The molecule has 0 aliphatic rings. The minimum atomic E-state index is -1.37. The molecule has 4 heteroatoms. The van der Waals surface area contributed by atoms with Crippen molar-refractivity contribution in [3.05, 3.63) is 102 Å². The normalized spacial score (nSPS) is 13.1. The van der Waals surface area contributed by atoms with Crippen LogP contribution in [0.4, 0.5) is 13.2 Å². The lowest BCUT2D eigenvalue weighted by molar-refractivity contribution is 0.273. The van der Waals surface area contributed by atoms with E-state index in [1.165, 1.54) is 19.2 Å². The molecule has 4 rings (SSSR count). The Balaban J connectivity index is 1.71. The van der Waals surface area contributed by atoms with Crippen LogP contribution in [0.5, 0.6) is 5.75 Å². The van der Waals surface area contributed by atoms with Gasteiger partial charge < -0.3 is 4.74 Å². The molecule has 0 radical (unpaired) electrons. The zero-order valence-electron chi connectivity index (χ0n) is 18.8. The van der Waals surface area contributed by atoms with E-state index in [2.05, 4.69) is 0 Å². The minimum absolute atomic E-state index is 0.114. The number of rotatable bonds is 8. The predicted molar refractivity (Wildman–Crippen MR) is 128 cm³/mol. The average Bonchev–Trinajstić information content (AvgIpc) is 2.84. The Morgan fingerprint density at radius 1 is 0.788 bits per heavy atom. The summed E-state index contributed by atoms with van der Waals surface area (Å²) in [7, 11) is 1.53. The number of alkyl halides is 1. The van der Waals surface area contributed by atoms with Crippen LogP contribution in [0.3, 0.4) is 0 Å². The molecule has 4 aromatic carbocycles. The van der Waals surface area contributed by atoms with Gasteiger partial charge in [-0.15, -0.1) is 0 Å². The van der Waals surface area contributed by atoms with E-state index in [4.69, 9.17) is 4.74 Å². The number of halogens is 3. The van der Waals surface area contributed by atoms with E-state index in [0.717, 1.165) is 23.6 Å². The molecular formula is C29H27F3O. The minimum Gasteiger partial charge on any atom is -0.497 e. The van der Waals surface area contributed by atoms with Gasteiger partial charge in [-0.1, -0.05) is 68.3 Å². The van der Waals surface area contributed by atoms with Gasteiger partial charge in [0, 0.05) is 5.92 Å². The largest absolute Gasteiger partial charge is 0.497 e. The highest BCUT2D eigenvalue weighted by molar-refractivity contribution is 5.83. The van der Waals surface area contributed by atoms with Gasteiger partial charge in [-0.05, 0) is 64.2 Å². The van der Waals surface area contributed by atoms with E-state index in [9.17, 15) is 0 Å². The second kappa shape index (κ2) is 10.1. The highest BCUT2D eigenvalue weighted by Gasteiger charge is 2.27. The Morgan fingerprint density at radius 2 is 1.45 bits per heavy atom. The van der Waals surface area contributed by atoms with Crippen LogP contribution >= 0.6 is 0 Å². The fourth-order valence-corrected chi connectivity index (χ4v) is 4.36. The van der Waals surface area contributed by atoms with Gasteiger partial charge in [0.2, 0.25) is 0 Å². The lowest BCUT2D eigenvalue weighted by Gasteiger charge is -2.23. The molecule has 0 N–H and O–H groups in total. The maximum atomic E-state index is 15.8. The first-order valence-electron chi connectivity index (χ1n) is 11.3. The molecule has 0 aliphatic carbocycles. The van der Waals surface area contributed by atoms with Crippen molar-refractivity contribution < 1.29 is 17.9 Å². The van der Waals surface area contributed by atoms with E-state index >= 15 is 13.2 Å². The summed E-state index contributed by atoms with van der Waals surface area (Å²) in [5.74, 6) is -1.42. The van der Waals surface area contributed by atoms with Crippen molar-refractivity contribution in [2.45, 2.75) is 38.3 Å². The first kappa shape index (κ1) is 22.9. The third kappa shape index (κ3) is 4.90. The van der Waals surface area contributed by atoms with Crippen LogP contribution in [-0.2, 0) is 0 Å². The zero-order valence-corrected chi connectivity index (χ0v) is 18.8. The van der Waals surface area contributed by atoms with Gasteiger partial charge in [-0.25, -0.2) is 13.2 Å². The fraction of sp³-hybridized carbons (Fsp3) is 0.241. The predicted octanol–water partition coefficient (Wildman–Crippen LogP) is 8.78. The van der Waals surface area contributed by atoms with E-state index in [1.807, 2.05) is 43.3 Å². The van der Waals surface area contributed by atoms with Crippen molar-refractivity contribution in [2.75, 3.05) is 7.11 Å². The Morgan fingerprint density at radius 3 is 2.09 bits per heavy atom. The van der Waals surface area contributed by atoms with Crippen molar-refractivity contribution >= 4 is 10.8 Å². The topological polar surface area (TPSA) is 9.23 Å². The molecule has 2 atom stereocenters. The molecule has 0 saturated carbocycles. The Kier molecular flexibility index (Phi) is 7.02. The van der Waals surface area contributed by atoms with Crippen molar-refractivity contribution in [2.24, 2.45) is 0 Å². The van der Waals surface area contributed by atoms with Gasteiger partial charge in [0.05, 0.1) is 12.7 Å². The summed E-state index contributed by atoms with van der Waals surface area (Å²) in [5, 5.41) is 1.97. The molecule has 0 saturated heterocycles. The monoisotopic (exact) mass is 448 g/mol. The van der Waals surface area contributed by atoms with Crippen LogP contribution in [0, 0.1) is 11.6 Å². The van der Waals surface area contributed by atoms with Gasteiger partial charge in [0.15, 0.2) is 0 Å². The molecule has 4 aromatic rings. The van der Waals surface area contributed by atoms with Crippen molar-refractivity contribution in [3.63, 3.8) is 0 Å². The Hall–Kier alpha value is -3.27. The van der Waals surface area contributed by atoms with Crippen LogP contribution in [0.1, 0.15) is 49.4 Å². The number of hydrogen-bond donors (Lipinski definition) is 0. The van der Waals surface area contributed by atoms with E-state index < -0.39 is 23.7 Å². The third-order valence-corrected chi connectivity index (χ3v) is 6.19. The molecule has 170 valence electrons. The number of benzene rings is 4. The molecule has 0 amide bonds. The number of unbranched alkanes of at least 4 members (excludes halogenated alkanes) is 1. The third-order valence-electron chi connectivity index (χ3n) is 6.19. The fourth-order valence-electron chi connectivity index (χ4n) is 4.36. The average molecular weight is 449 g/mol. The number of methoxy groups -OCH3 is 1. The van der Waals surface area contributed by atoms with Crippen LogP contribution in [0.2, 0.25) is 0 Å². The highest BCUT2D eigenvalue weighted by atomic mass is 19.1. The van der Waals surface area contributed by atoms with Gasteiger partial charge in [-0.3, -0.25) is 0 Å². The van der Waals surface area contributed by atoms with Crippen LogP contribution in [0.25, 0.3) is 21.9 Å². The van der Waals surface area contributed by atoms with Crippen LogP contribution < -0.4 is 4.74 Å². The van der Waals surface area contributed by atoms with Crippen LogP contribution in [0.15, 0.2) is 78.9 Å². The summed E-state index contributed by atoms with van der Waals surface area (Å²) in [6, 6.07) is 22.4. The quantitative estimate of drug-likeness (QED) is 0.262. The van der Waals surface area contributed by atoms with Gasteiger partial charge in [0.25, 0.3) is 0 Å². The second-order valence-corrected chi connectivity index (χ2v) is 8.35. The standard InChI is InChI=1S/C29H27F3O/c1-3-4-9-25(29(32)22-11-10-19-7-5-6-8-21(19)16-22)23-17-26(30)28(27(31)18-23)20-12-14-24(33-2)15-13-20/h5-8,10-18,25,29H,3-4,9H2,1-2H3. The summed E-state index contributed by atoms with van der Waals surface area (Å²) >= 11 is 0. The first-order valence-corrected chi connectivity index (χ1v) is 11.3. The Bertz CT molecular complexity index is 1210. The molecule has 2 unspecified atom stereocenters. The van der Waals surface area contributed by atoms with Crippen LogP contribution in [-0.4, -0.2) is 7.11 Å². The summed E-state index contributed by atoms with van der Waals surface area (Å²) in [5.41, 5.74) is 1.16. The van der Waals surface area contributed by atoms with Crippen molar-refractivity contribution in [1.82, 2.24) is 0 Å². The smallest absolute Gasteiger partial charge is 0.134 e. The lowest BCUT2D eigenvalue weighted by Crippen LogP contribution is -2.09. The maximum absolute atomic E-state index is 15.8. The lowest BCUT2D eigenvalue weighted by atomic mass is 9.84. The van der Waals surface area contributed by atoms with Crippen molar-refractivity contribution in [1.29, 1.82) is 0 Å². The molecule has 0 aromatic heterocycles. The van der Waals surface area contributed by atoms with E-state index in [0.29, 0.717) is 28.9 Å². The zero-order chi connectivity index (χ0) is 23.4. The number of hydrogen-bond acceptors (Lipinski definition) is 1. The van der Waals surface area contributed by atoms with Gasteiger partial charge >= 0.3 is 0 Å². The highest BCUT2D eigenvalue weighted by Crippen LogP contribution is 2.41. The van der Waals surface area contributed by atoms with Gasteiger partial charge in [0.1, 0.15) is 23.6 Å². The summed E-state index contributed by atoms with van der Waals surface area (Å²) in [4.78, 5) is 0. The molecule has 33 heavy (non-hydrogen) atoms. The van der Waals surface area contributed by atoms with Gasteiger partial charge in [-0.2, -0.15) is 0 Å².